The minimum Gasteiger partial charge on any atom is -0.444 e. The third-order valence-corrected chi connectivity index (χ3v) is 5.07. The summed E-state index contributed by atoms with van der Waals surface area (Å²) in [6.45, 7) is 1.44. The highest BCUT2D eigenvalue weighted by molar-refractivity contribution is 14.0. The van der Waals surface area contributed by atoms with E-state index in [4.69, 9.17) is 4.42 Å². The van der Waals surface area contributed by atoms with Crippen LogP contribution in [-0.4, -0.2) is 24.5 Å². The van der Waals surface area contributed by atoms with Gasteiger partial charge in [0.15, 0.2) is 5.96 Å². The summed E-state index contributed by atoms with van der Waals surface area (Å²) in [6, 6.07) is 20.6. The first-order chi connectivity index (χ1) is 13.3. The van der Waals surface area contributed by atoms with Crippen LogP contribution in [-0.2, 0) is 12.0 Å². The van der Waals surface area contributed by atoms with Crippen molar-refractivity contribution in [1.29, 1.82) is 0 Å². The Morgan fingerprint density at radius 3 is 2.36 bits per heavy atom. The summed E-state index contributed by atoms with van der Waals surface area (Å²) < 4.78 is 5.59. The summed E-state index contributed by atoms with van der Waals surface area (Å²) >= 11 is 0. The second-order valence-corrected chi connectivity index (χ2v) is 6.94. The first-order valence-electron chi connectivity index (χ1n) is 9.29. The highest BCUT2D eigenvalue weighted by atomic mass is 127. The van der Waals surface area contributed by atoms with Gasteiger partial charge in [0, 0.05) is 24.6 Å². The van der Waals surface area contributed by atoms with E-state index in [0.717, 1.165) is 23.8 Å². The maximum absolute atomic E-state index is 5.59. The van der Waals surface area contributed by atoms with Gasteiger partial charge in [0.25, 0.3) is 0 Å². The Balaban J connectivity index is 0.00000225. The molecule has 1 aliphatic carbocycles. The Morgan fingerprint density at radius 1 is 1.04 bits per heavy atom. The van der Waals surface area contributed by atoms with Crippen molar-refractivity contribution < 1.29 is 4.42 Å². The molecule has 146 valence electrons. The van der Waals surface area contributed by atoms with Crippen LogP contribution in [0.3, 0.4) is 0 Å². The quantitative estimate of drug-likeness (QED) is 0.308. The van der Waals surface area contributed by atoms with Crippen molar-refractivity contribution in [2.75, 3.05) is 13.6 Å². The van der Waals surface area contributed by atoms with Gasteiger partial charge in [-0.25, -0.2) is 4.98 Å². The minimum atomic E-state index is 0. The number of nitrogens with one attached hydrogen (secondary N) is 2. The number of hydrogen-bond acceptors (Lipinski definition) is 3. The lowest BCUT2D eigenvalue weighted by molar-refractivity contribution is 0.572. The fraction of sp³-hybridized carbons (Fsp3) is 0.273. The van der Waals surface area contributed by atoms with Gasteiger partial charge in [0.1, 0.15) is 6.26 Å². The van der Waals surface area contributed by atoms with Crippen LogP contribution in [0.5, 0.6) is 0 Å². The summed E-state index contributed by atoms with van der Waals surface area (Å²) in [5.41, 5.74) is 3.47. The molecule has 0 aliphatic heterocycles. The lowest BCUT2D eigenvalue weighted by Crippen LogP contribution is -2.40. The number of aromatic nitrogens is 1. The number of rotatable bonds is 6. The minimum absolute atomic E-state index is 0. The molecule has 2 aromatic carbocycles. The Labute approximate surface area is 182 Å². The molecule has 2 N–H and O–H groups in total. The second kappa shape index (κ2) is 9.23. The van der Waals surface area contributed by atoms with E-state index in [1.54, 1.807) is 13.3 Å². The second-order valence-electron chi connectivity index (χ2n) is 6.94. The predicted molar refractivity (Wildman–Crippen MR) is 123 cm³/mol. The average Bonchev–Trinajstić information content (AvgIpc) is 3.38. The van der Waals surface area contributed by atoms with E-state index in [0.29, 0.717) is 12.4 Å². The molecule has 3 aromatic rings. The lowest BCUT2D eigenvalue weighted by atomic mass is 9.96. The number of oxazole rings is 1. The Hall–Kier alpha value is -2.35. The van der Waals surface area contributed by atoms with Gasteiger partial charge in [-0.2, -0.15) is 0 Å². The first-order valence-corrected chi connectivity index (χ1v) is 9.29. The van der Waals surface area contributed by atoms with Crippen molar-refractivity contribution in [2.45, 2.75) is 24.8 Å². The molecule has 1 fully saturated rings. The zero-order valence-corrected chi connectivity index (χ0v) is 18.2. The van der Waals surface area contributed by atoms with Crippen LogP contribution in [0.15, 0.2) is 76.3 Å². The molecule has 1 saturated carbocycles. The highest BCUT2D eigenvalue weighted by Crippen LogP contribution is 2.47. The van der Waals surface area contributed by atoms with Crippen molar-refractivity contribution in [3.8, 4) is 11.5 Å². The molecular weight excluding hydrogens is 463 g/mol. The van der Waals surface area contributed by atoms with Crippen LogP contribution in [0.25, 0.3) is 11.5 Å². The first kappa shape index (κ1) is 20.4. The molecule has 0 radical (unpaired) electrons. The number of aliphatic imine (C=N–C) groups is 1. The molecule has 0 atom stereocenters. The SMILES string of the molecule is CN=C(NCc1coc(-c2ccccc2)n1)NCC1(c2ccccc2)CC1.I. The van der Waals surface area contributed by atoms with Crippen molar-refractivity contribution in [2.24, 2.45) is 4.99 Å². The maximum atomic E-state index is 5.59. The maximum Gasteiger partial charge on any atom is 0.226 e. The molecule has 1 aromatic heterocycles. The van der Waals surface area contributed by atoms with Crippen LogP contribution >= 0.6 is 24.0 Å². The normalized spacial score (nSPS) is 14.8. The Bertz CT molecular complexity index is 905. The largest absolute Gasteiger partial charge is 0.444 e. The van der Waals surface area contributed by atoms with E-state index in [9.17, 15) is 0 Å². The van der Waals surface area contributed by atoms with E-state index in [1.165, 1.54) is 18.4 Å². The van der Waals surface area contributed by atoms with Crippen molar-refractivity contribution >= 4 is 29.9 Å². The van der Waals surface area contributed by atoms with Gasteiger partial charge >= 0.3 is 0 Å². The van der Waals surface area contributed by atoms with Crippen molar-refractivity contribution in [3.63, 3.8) is 0 Å². The van der Waals surface area contributed by atoms with Gasteiger partial charge in [-0.1, -0.05) is 48.5 Å². The molecule has 0 bridgehead atoms. The third-order valence-electron chi connectivity index (χ3n) is 5.07. The predicted octanol–water partition coefficient (Wildman–Crippen LogP) is 4.36. The van der Waals surface area contributed by atoms with E-state index >= 15 is 0 Å². The van der Waals surface area contributed by atoms with Gasteiger partial charge in [-0.15, -0.1) is 24.0 Å². The van der Waals surface area contributed by atoms with Gasteiger partial charge in [0.05, 0.1) is 12.2 Å². The number of halogens is 1. The zero-order chi connectivity index (χ0) is 18.5. The molecule has 0 saturated heterocycles. The zero-order valence-electron chi connectivity index (χ0n) is 15.9. The molecular formula is C22H25IN4O. The van der Waals surface area contributed by atoms with Crippen LogP contribution < -0.4 is 10.6 Å². The molecule has 28 heavy (non-hydrogen) atoms. The molecule has 0 unspecified atom stereocenters. The van der Waals surface area contributed by atoms with E-state index in [-0.39, 0.29) is 29.4 Å². The molecule has 5 nitrogen and oxygen atoms in total. The number of hydrogen-bond donors (Lipinski definition) is 2. The average molecular weight is 488 g/mol. The molecule has 0 amide bonds. The summed E-state index contributed by atoms with van der Waals surface area (Å²) in [4.78, 5) is 8.87. The Kier molecular flexibility index (Phi) is 6.72. The number of benzene rings is 2. The van der Waals surface area contributed by atoms with Gasteiger partial charge in [0.2, 0.25) is 5.89 Å². The molecule has 6 heteroatoms. The smallest absolute Gasteiger partial charge is 0.226 e. The lowest BCUT2D eigenvalue weighted by Gasteiger charge is -2.18. The standard InChI is InChI=1S/C22H24N4O.HI/c1-23-21(25-16-22(12-13-22)18-10-6-3-7-11-18)24-14-19-15-27-20(26-19)17-8-4-2-5-9-17;/h2-11,15H,12-14,16H2,1H3,(H2,23,24,25);1H. The van der Waals surface area contributed by atoms with E-state index < -0.39 is 0 Å². The van der Waals surface area contributed by atoms with Crippen LogP contribution in [0, 0.1) is 0 Å². The van der Waals surface area contributed by atoms with Crippen LogP contribution in [0.4, 0.5) is 0 Å². The van der Waals surface area contributed by atoms with E-state index in [1.807, 2.05) is 30.3 Å². The summed E-state index contributed by atoms with van der Waals surface area (Å²) in [5, 5.41) is 6.78. The van der Waals surface area contributed by atoms with Gasteiger partial charge in [-0.3, -0.25) is 4.99 Å². The number of nitrogens with zero attached hydrogens (tertiary/aromatic N) is 2. The summed E-state index contributed by atoms with van der Waals surface area (Å²) in [7, 11) is 1.79. The highest BCUT2D eigenvalue weighted by Gasteiger charge is 2.43. The van der Waals surface area contributed by atoms with Crippen molar-refractivity contribution in [3.05, 3.63) is 78.2 Å². The molecule has 1 heterocycles. The molecule has 1 aliphatic rings. The van der Waals surface area contributed by atoms with Gasteiger partial charge < -0.3 is 15.1 Å². The topological polar surface area (TPSA) is 62.5 Å². The van der Waals surface area contributed by atoms with E-state index in [2.05, 4.69) is 50.9 Å². The van der Waals surface area contributed by atoms with Gasteiger partial charge in [-0.05, 0) is 30.5 Å². The molecule has 4 rings (SSSR count). The van der Waals surface area contributed by atoms with Crippen LogP contribution in [0.2, 0.25) is 0 Å². The monoisotopic (exact) mass is 488 g/mol. The summed E-state index contributed by atoms with van der Waals surface area (Å²) in [6.07, 6.45) is 4.12. The van der Waals surface area contributed by atoms with Crippen LogP contribution in [0.1, 0.15) is 24.1 Å². The fourth-order valence-corrected chi connectivity index (χ4v) is 3.26. The summed E-state index contributed by atoms with van der Waals surface area (Å²) in [5.74, 6) is 1.41. The number of guanidine groups is 1. The molecule has 0 spiro atoms. The Morgan fingerprint density at radius 2 is 1.71 bits per heavy atom. The third kappa shape index (κ3) is 4.73. The van der Waals surface area contributed by atoms with Crippen molar-refractivity contribution in [1.82, 2.24) is 15.6 Å². The fourth-order valence-electron chi connectivity index (χ4n) is 3.26.